The van der Waals surface area contributed by atoms with Crippen LogP contribution in [0.4, 0.5) is 0 Å². The molecule has 2 rings (SSSR count). The molecule has 0 aliphatic carbocycles. The van der Waals surface area contributed by atoms with Crippen molar-refractivity contribution in [2.24, 2.45) is 0 Å². The lowest BCUT2D eigenvalue weighted by Crippen LogP contribution is -2.61. The third kappa shape index (κ3) is 2.69. The van der Waals surface area contributed by atoms with E-state index >= 15 is 0 Å². The van der Waals surface area contributed by atoms with Crippen molar-refractivity contribution < 1.29 is 4.79 Å². The highest BCUT2D eigenvalue weighted by Gasteiger charge is 2.41. The predicted molar refractivity (Wildman–Crippen MR) is 73.5 cm³/mol. The fourth-order valence-electron chi connectivity index (χ4n) is 3.74. The van der Waals surface area contributed by atoms with Gasteiger partial charge in [-0.2, -0.15) is 0 Å². The van der Waals surface area contributed by atoms with Crippen LogP contribution in [0.1, 0.15) is 46.0 Å². The van der Waals surface area contributed by atoms with Gasteiger partial charge in [0.15, 0.2) is 0 Å². The van der Waals surface area contributed by atoms with E-state index in [1.54, 1.807) is 0 Å². The van der Waals surface area contributed by atoms with Gasteiger partial charge in [-0.25, -0.2) is 0 Å². The van der Waals surface area contributed by atoms with Gasteiger partial charge in [-0.05, 0) is 46.6 Å². The zero-order valence-corrected chi connectivity index (χ0v) is 11.9. The van der Waals surface area contributed by atoms with Crippen molar-refractivity contribution in [2.45, 2.75) is 70.1 Å². The van der Waals surface area contributed by atoms with Gasteiger partial charge >= 0.3 is 0 Å². The first-order valence-electron chi connectivity index (χ1n) is 7.39. The highest BCUT2D eigenvalue weighted by Crippen LogP contribution is 2.35. The van der Waals surface area contributed by atoms with Crippen LogP contribution in [0.3, 0.4) is 0 Å². The number of carbonyl (C=O) groups is 1. The van der Waals surface area contributed by atoms with Crippen molar-refractivity contribution in [3.8, 4) is 0 Å². The minimum atomic E-state index is 0.0260. The average molecular weight is 253 g/mol. The summed E-state index contributed by atoms with van der Waals surface area (Å²) in [7, 11) is 2.06. The second-order valence-electron chi connectivity index (χ2n) is 5.71. The maximum Gasteiger partial charge on any atom is 0.237 e. The summed E-state index contributed by atoms with van der Waals surface area (Å²) in [6, 6.07) is 1.84. The van der Waals surface area contributed by atoms with Gasteiger partial charge in [0.25, 0.3) is 0 Å². The highest BCUT2D eigenvalue weighted by atomic mass is 16.2. The molecule has 4 heteroatoms. The van der Waals surface area contributed by atoms with Crippen molar-refractivity contribution in [1.82, 2.24) is 15.5 Å². The number of likely N-dealkylation sites (N-methyl/N-ethyl adjacent to an activating group) is 1. The summed E-state index contributed by atoms with van der Waals surface area (Å²) in [5.74, 6) is 0.192. The number of nitrogens with zero attached hydrogens (tertiary/aromatic N) is 1. The predicted octanol–water partition coefficient (Wildman–Crippen LogP) is 1.12. The molecule has 0 aromatic rings. The largest absolute Gasteiger partial charge is 0.355 e. The molecular formula is C14H27N3O. The molecule has 4 nitrogen and oxygen atoms in total. The molecule has 2 bridgehead atoms. The number of nitrogens with one attached hydrogen (secondary N) is 2. The van der Waals surface area contributed by atoms with Gasteiger partial charge < -0.3 is 10.6 Å². The molecule has 2 aliphatic heterocycles. The second-order valence-corrected chi connectivity index (χ2v) is 5.71. The summed E-state index contributed by atoms with van der Waals surface area (Å²) in [5, 5.41) is 6.38. The van der Waals surface area contributed by atoms with E-state index in [1.807, 2.05) is 6.92 Å². The summed E-state index contributed by atoms with van der Waals surface area (Å²) >= 11 is 0. The van der Waals surface area contributed by atoms with Crippen molar-refractivity contribution in [3.05, 3.63) is 0 Å². The molecule has 2 aliphatic rings. The molecule has 0 radical (unpaired) electrons. The molecule has 18 heavy (non-hydrogen) atoms. The molecule has 104 valence electrons. The van der Waals surface area contributed by atoms with Crippen LogP contribution >= 0.6 is 0 Å². The SMILES string of the molecule is CCNC(=O)C(C)N1C2CCCC1CC(NC)C2. The van der Waals surface area contributed by atoms with Gasteiger partial charge in [0, 0.05) is 24.7 Å². The monoisotopic (exact) mass is 253 g/mol. The van der Waals surface area contributed by atoms with Crippen LogP contribution in [0, 0.1) is 0 Å². The zero-order valence-electron chi connectivity index (χ0n) is 11.9. The maximum atomic E-state index is 12.1. The minimum absolute atomic E-state index is 0.0260. The molecule has 2 N–H and O–H groups in total. The van der Waals surface area contributed by atoms with Crippen molar-refractivity contribution in [3.63, 3.8) is 0 Å². The third-order valence-corrected chi connectivity index (χ3v) is 4.62. The zero-order chi connectivity index (χ0) is 13.1. The first-order valence-corrected chi connectivity index (χ1v) is 7.39. The molecule has 3 unspecified atom stereocenters. The highest BCUT2D eigenvalue weighted by molar-refractivity contribution is 5.81. The van der Waals surface area contributed by atoms with Crippen LogP contribution in [-0.4, -0.2) is 48.6 Å². The Morgan fingerprint density at radius 3 is 2.44 bits per heavy atom. The number of rotatable bonds is 4. The van der Waals surface area contributed by atoms with Crippen LogP contribution in [0.25, 0.3) is 0 Å². The Hall–Kier alpha value is -0.610. The second kappa shape index (κ2) is 6.02. The van der Waals surface area contributed by atoms with E-state index < -0.39 is 0 Å². The molecule has 3 atom stereocenters. The molecule has 2 fully saturated rings. The Kier molecular flexibility index (Phi) is 4.62. The molecular weight excluding hydrogens is 226 g/mol. The minimum Gasteiger partial charge on any atom is -0.355 e. The van der Waals surface area contributed by atoms with E-state index in [-0.39, 0.29) is 11.9 Å². The lowest BCUT2D eigenvalue weighted by atomic mass is 9.80. The molecule has 0 saturated carbocycles. The Balaban J connectivity index is 2.05. The normalized spacial score (nSPS) is 34.1. The summed E-state index contributed by atoms with van der Waals surface area (Å²) in [6.45, 7) is 4.78. The fraction of sp³-hybridized carbons (Fsp3) is 0.929. The Morgan fingerprint density at radius 1 is 1.33 bits per heavy atom. The van der Waals surface area contributed by atoms with Crippen molar-refractivity contribution in [1.29, 1.82) is 0 Å². The maximum absolute atomic E-state index is 12.1. The Bertz CT molecular complexity index is 281. The van der Waals surface area contributed by atoms with Crippen LogP contribution < -0.4 is 10.6 Å². The van der Waals surface area contributed by atoms with E-state index in [0.717, 1.165) is 6.54 Å². The Labute approximate surface area is 110 Å². The first kappa shape index (κ1) is 13.8. The summed E-state index contributed by atoms with van der Waals surface area (Å²) in [4.78, 5) is 14.5. The van der Waals surface area contributed by atoms with Crippen molar-refractivity contribution in [2.75, 3.05) is 13.6 Å². The van der Waals surface area contributed by atoms with Crippen molar-refractivity contribution >= 4 is 5.91 Å². The van der Waals surface area contributed by atoms with Gasteiger partial charge in [0.05, 0.1) is 6.04 Å². The first-order chi connectivity index (χ1) is 8.67. The average Bonchev–Trinajstić information content (AvgIpc) is 2.36. The number of fused-ring (bicyclic) bond motifs is 2. The molecule has 0 spiro atoms. The smallest absolute Gasteiger partial charge is 0.237 e. The van der Waals surface area contributed by atoms with E-state index in [9.17, 15) is 4.79 Å². The number of piperidine rings is 2. The number of hydrogen-bond acceptors (Lipinski definition) is 3. The van der Waals surface area contributed by atoms with Crippen LogP contribution in [-0.2, 0) is 4.79 Å². The number of carbonyl (C=O) groups excluding carboxylic acids is 1. The fourth-order valence-corrected chi connectivity index (χ4v) is 3.74. The lowest BCUT2D eigenvalue weighted by Gasteiger charge is -2.51. The van der Waals surface area contributed by atoms with Gasteiger partial charge in [-0.15, -0.1) is 0 Å². The summed E-state index contributed by atoms with van der Waals surface area (Å²) < 4.78 is 0. The van der Waals surface area contributed by atoms with Gasteiger partial charge in [-0.3, -0.25) is 9.69 Å². The molecule has 0 aromatic heterocycles. The van der Waals surface area contributed by atoms with E-state index in [4.69, 9.17) is 0 Å². The molecule has 0 aromatic carbocycles. The molecule has 1 amide bonds. The topological polar surface area (TPSA) is 44.4 Å². The van der Waals surface area contributed by atoms with Gasteiger partial charge in [0.2, 0.25) is 5.91 Å². The van der Waals surface area contributed by atoms with Crippen LogP contribution in [0.15, 0.2) is 0 Å². The lowest BCUT2D eigenvalue weighted by molar-refractivity contribution is -0.130. The third-order valence-electron chi connectivity index (χ3n) is 4.62. The quantitative estimate of drug-likeness (QED) is 0.789. The van der Waals surface area contributed by atoms with Gasteiger partial charge in [0.1, 0.15) is 0 Å². The Morgan fingerprint density at radius 2 is 1.94 bits per heavy atom. The van der Waals surface area contributed by atoms with E-state index in [2.05, 4.69) is 29.5 Å². The summed E-state index contributed by atoms with van der Waals surface area (Å²) in [6.07, 6.45) is 6.20. The van der Waals surface area contributed by atoms with E-state index in [0.29, 0.717) is 18.1 Å². The van der Waals surface area contributed by atoms with Crippen LogP contribution in [0.2, 0.25) is 0 Å². The summed E-state index contributed by atoms with van der Waals surface area (Å²) in [5.41, 5.74) is 0. The molecule has 2 heterocycles. The van der Waals surface area contributed by atoms with E-state index in [1.165, 1.54) is 32.1 Å². The standard InChI is InChI=1S/C14H27N3O/c1-4-16-14(18)10(2)17-12-6-5-7-13(17)9-11(8-12)15-3/h10-13,15H,4-9H2,1-3H3,(H,16,18). The van der Waals surface area contributed by atoms with Crippen LogP contribution in [0.5, 0.6) is 0 Å². The number of hydrogen-bond donors (Lipinski definition) is 2. The van der Waals surface area contributed by atoms with Gasteiger partial charge in [-0.1, -0.05) is 6.42 Å². The molecule has 2 saturated heterocycles. The number of amides is 1.